The largest absolute Gasteiger partial charge is 0.497 e. The summed E-state index contributed by atoms with van der Waals surface area (Å²) in [4.78, 5) is 15.5. The Morgan fingerprint density at radius 2 is 2.18 bits per heavy atom. The first-order valence-electron chi connectivity index (χ1n) is 8.73. The number of hydrogen-bond acceptors (Lipinski definition) is 8. The van der Waals surface area contributed by atoms with E-state index in [-0.39, 0.29) is 5.91 Å². The van der Waals surface area contributed by atoms with Crippen LogP contribution in [-0.2, 0) is 17.8 Å². The molecule has 0 aliphatic heterocycles. The van der Waals surface area contributed by atoms with Crippen molar-refractivity contribution in [1.29, 1.82) is 0 Å². The maximum Gasteiger partial charge on any atom is 0.233 e. The van der Waals surface area contributed by atoms with Crippen LogP contribution >= 0.6 is 34.4 Å². The van der Waals surface area contributed by atoms with Crippen LogP contribution in [0.25, 0.3) is 0 Å². The number of carbonyl (C=O) groups excluding carboxylic acids is 1. The third kappa shape index (κ3) is 6.22. The summed E-state index contributed by atoms with van der Waals surface area (Å²) in [6.07, 6.45) is 0.966. The summed E-state index contributed by atoms with van der Waals surface area (Å²) in [5.41, 5.74) is 1.04. The van der Waals surface area contributed by atoms with Crippen molar-refractivity contribution in [3.63, 3.8) is 0 Å². The number of nitrogens with one attached hydrogen (secondary N) is 1. The summed E-state index contributed by atoms with van der Waals surface area (Å²) in [7, 11) is 3.44. The molecule has 3 aromatic rings. The average molecular weight is 435 g/mol. The summed E-state index contributed by atoms with van der Waals surface area (Å²) in [6.45, 7) is 1.37. The van der Waals surface area contributed by atoms with Crippen LogP contribution < -0.4 is 10.1 Å². The monoisotopic (exact) mass is 434 g/mol. The maximum atomic E-state index is 12.4. The summed E-state index contributed by atoms with van der Waals surface area (Å²) in [6, 6.07) is 11.9. The highest BCUT2D eigenvalue weighted by Gasteiger charge is 2.13. The van der Waals surface area contributed by atoms with Gasteiger partial charge in [-0.05, 0) is 35.6 Å². The third-order valence-corrected chi connectivity index (χ3v) is 6.87. The van der Waals surface area contributed by atoms with Gasteiger partial charge in [0.1, 0.15) is 5.75 Å². The van der Waals surface area contributed by atoms with Gasteiger partial charge in [0.15, 0.2) is 4.34 Å². The van der Waals surface area contributed by atoms with E-state index in [2.05, 4.69) is 33.0 Å². The molecule has 0 bridgehead atoms. The first-order chi connectivity index (χ1) is 13.6. The van der Waals surface area contributed by atoms with Crippen molar-refractivity contribution in [2.75, 3.05) is 31.8 Å². The van der Waals surface area contributed by atoms with E-state index in [0.29, 0.717) is 12.3 Å². The average Bonchev–Trinajstić information content (AvgIpc) is 3.38. The van der Waals surface area contributed by atoms with Crippen molar-refractivity contribution in [2.45, 2.75) is 17.3 Å². The molecule has 3 rings (SSSR count). The number of benzene rings is 1. The number of aromatic nitrogens is 2. The van der Waals surface area contributed by atoms with Crippen LogP contribution in [0.1, 0.15) is 10.4 Å². The Morgan fingerprint density at radius 3 is 2.96 bits per heavy atom. The first kappa shape index (κ1) is 20.6. The predicted octanol–water partition coefficient (Wildman–Crippen LogP) is 4.01. The molecule has 0 saturated carbocycles. The summed E-state index contributed by atoms with van der Waals surface area (Å²) in [5, 5.41) is 14.5. The fourth-order valence-electron chi connectivity index (χ4n) is 2.45. The number of hydrogen-bond donors (Lipinski definition) is 1. The molecule has 148 valence electrons. The molecule has 0 aliphatic carbocycles. The van der Waals surface area contributed by atoms with Crippen molar-refractivity contribution < 1.29 is 9.53 Å². The lowest BCUT2D eigenvalue weighted by molar-refractivity contribution is -0.127. The minimum absolute atomic E-state index is 0.0511. The van der Waals surface area contributed by atoms with Crippen LogP contribution in [0.2, 0.25) is 0 Å². The number of ether oxygens (including phenoxy) is 1. The van der Waals surface area contributed by atoms with Gasteiger partial charge in [-0.1, -0.05) is 41.3 Å². The van der Waals surface area contributed by atoms with Gasteiger partial charge in [-0.15, -0.1) is 21.5 Å². The van der Waals surface area contributed by atoms with Gasteiger partial charge < -0.3 is 15.0 Å². The van der Waals surface area contributed by atoms with E-state index in [1.54, 1.807) is 30.4 Å². The van der Waals surface area contributed by atoms with E-state index < -0.39 is 0 Å². The lowest BCUT2D eigenvalue weighted by Crippen LogP contribution is -2.27. The van der Waals surface area contributed by atoms with E-state index in [0.717, 1.165) is 33.7 Å². The topological polar surface area (TPSA) is 67.3 Å². The number of anilines is 1. The van der Waals surface area contributed by atoms with Crippen LogP contribution in [0.5, 0.6) is 5.75 Å². The number of carbonyl (C=O) groups is 1. The molecule has 2 heterocycles. The first-order valence-corrected chi connectivity index (χ1v) is 11.4. The van der Waals surface area contributed by atoms with Gasteiger partial charge in [0, 0.05) is 25.0 Å². The van der Waals surface area contributed by atoms with E-state index in [4.69, 9.17) is 4.74 Å². The van der Waals surface area contributed by atoms with Crippen molar-refractivity contribution in [1.82, 2.24) is 15.1 Å². The second-order valence-electron chi connectivity index (χ2n) is 6.02. The van der Waals surface area contributed by atoms with Crippen LogP contribution in [0.15, 0.2) is 46.1 Å². The molecule has 0 atom stereocenters. The highest BCUT2D eigenvalue weighted by Crippen LogP contribution is 2.26. The van der Waals surface area contributed by atoms with Crippen LogP contribution in [-0.4, -0.2) is 47.5 Å². The standard InChI is InChI=1S/C19H22N4O2S3/c1-23(12-14-5-3-6-15(11-14)25-2)17(24)13-27-19-22-21-18(28-19)20-9-8-16-7-4-10-26-16/h3-7,10-11H,8-9,12-13H2,1-2H3,(H,20,21). The fraction of sp³-hybridized carbons (Fsp3) is 0.316. The molecule has 9 heteroatoms. The molecule has 0 saturated heterocycles. The van der Waals surface area contributed by atoms with Gasteiger partial charge in [0.2, 0.25) is 11.0 Å². The Hall–Kier alpha value is -2.10. The second-order valence-corrected chi connectivity index (χ2v) is 9.25. The molecule has 1 aromatic carbocycles. The molecule has 0 fully saturated rings. The van der Waals surface area contributed by atoms with E-state index in [1.165, 1.54) is 28.0 Å². The molecule has 0 spiro atoms. The molecule has 6 nitrogen and oxygen atoms in total. The van der Waals surface area contributed by atoms with Crippen molar-refractivity contribution in [2.24, 2.45) is 0 Å². The Morgan fingerprint density at radius 1 is 1.29 bits per heavy atom. The predicted molar refractivity (Wildman–Crippen MR) is 117 cm³/mol. The summed E-state index contributed by atoms with van der Waals surface area (Å²) >= 11 is 4.65. The number of amides is 1. The number of rotatable bonds is 10. The van der Waals surface area contributed by atoms with Crippen LogP contribution in [0.3, 0.4) is 0 Å². The summed E-state index contributed by atoms with van der Waals surface area (Å²) < 4.78 is 6.02. The van der Waals surface area contributed by atoms with Gasteiger partial charge >= 0.3 is 0 Å². The Kier molecular flexibility index (Phi) is 7.70. The van der Waals surface area contributed by atoms with E-state index in [1.807, 2.05) is 24.3 Å². The minimum atomic E-state index is 0.0511. The highest BCUT2D eigenvalue weighted by atomic mass is 32.2. The van der Waals surface area contributed by atoms with Crippen molar-refractivity contribution in [3.05, 3.63) is 52.2 Å². The van der Waals surface area contributed by atoms with Crippen LogP contribution in [0, 0.1) is 0 Å². The van der Waals surface area contributed by atoms with Gasteiger partial charge in [0.05, 0.1) is 12.9 Å². The van der Waals surface area contributed by atoms with Gasteiger partial charge in [-0.2, -0.15) is 0 Å². The molecule has 0 unspecified atom stereocenters. The second kappa shape index (κ2) is 10.4. The molecule has 0 radical (unpaired) electrons. The third-order valence-electron chi connectivity index (χ3n) is 3.93. The van der Waals surface area contributed by atoms with Crippen LogP contribution in [0.4, 0.5) is 5.13 Å². The molecule has 28 heavy (non-hydrogen) atoms. The lowest BCUT2D eigenvalue weighted by atomic mass is 10.2. The normalized spacial score (nSPS) is 10.6. The fourth-order valence-corrected chi connectivity index (χ4v) is 4.88. The number of thiophene rings is 1. The van der Waals surface area contributed by atoms with E-state index >= 15 is 0 Å². The molecule has 1 amide bonds. The molecule has 2 aromatic heterocycles. The van der Waals surface area contributed by atoms with Crippen molar-refractivity contribution in [3.8, 4) is 5.75 Å². The van der Waals surface area contributed by atoms with Gasteiger partial charge in [-0.25, -0.2) is 0 Å². The van der Waals surface area contributed by atoms with E-state index in [9.17, 15) is 4.79 Å². The Balaban J connectivity index is 1.41. The highest BCUT2D eigenvalue weighted by molar-refractivity contribution is 8.01. The minimum Gasteiger partial charge on any atom is -0.497 e. The zero-order chi connectivity index (χ0) is 19.8. The molecule has 0 aliphatic rings. The number of nitrogens with zero attached hydrogens (tertiary/aromatic N) is 3. The Labute approximate surface area is 176 Å². The van der Waals surface area contributed by atoms with Gasteiger partial charge in [0.25, 0.3) is 0 Å². The zero-order valence-corrected chi connectivity index (χ0v) is 18.2. The van der Waals surface area contributed by atoms with Crippen molar-refractivity contribution >= 4 is 45.5 Å². The molecular weight excluding hydrogens is 412 g/mol. The summed E-state index contributed by atoms with van der Waals surface area (Å²) in [5.74, 6) is 1.18. The van der Waals surface area contributed by atoms with Gasteiger partial charge in [-0.3, -0.25) is 4.79 Å². The SMILES string of the molecule is COc1cccc(CN(C)C(=O)CSc2nnc(NCCc3cccs3)s2)c1. The number of thioether (sulfide) groups is 1. The molecular formula is C19H22N4O2S3. The zero-order valence-electron chi connectivity index (χ0n) is 15.8. The maximum absolute atomic E-state index is 12.4. The molecule has 1 N–H and O–H groups in total. The Bertz CT molecular complexity index is 883. The number of methoxy groups -OCH3 is 1. The lowest BCUT2D eigenvalue weighted by Gasteiger charge is -2.17. The smallest absolute Gasteiger partial charge is 0.233 e. The quantitative estimate of drug-likeness (QED) is 0.486.